The Bertz CT molecular complexity index is 359. The first-order chi connectivity index (χ1) is 8.18. The number of rotatable bonds is 6. The highest BCUT2D eigenvalue weighted by Gasteiger charge is 2.27. The highest BCUT2D eigenvalue weighted by atomic mass is 79.9. The highest BCUT2D eigenvalue weighted by molar-refractivity contribution is 9.11. The van der Waals surface area contributed by atoms with Crippen molar-refractivity contribution >= 4 is 31.9 Å². The standard InChI is InChI=1S/C13H17Br2NO/c1-9(10-5-6-10)16-7-8-17-13-11(14)3-2-4-12(13)15/h2-4,9-10,16H,5-8H2,1H3. The van der Waals surface area contributed by atoms with Gasteiger partial charge in [-0.25, -0.2) is 0 Å². The van der Waals surface area contributed by atoms with Crippen LogP contribution in [0.15, 0.2) is 27.1 Å². The highest BCUT2D eigenvalue weighted by Crippen LogP contribution is 2.33. The summed E-state index contributed by atoms with van der Waals surface area (Å²) in [6.45, 7) is 3.84. The van der Waals surface area contributed by atoms with Gasteiger partial charge >= 0.3 is 0 Å². The number of nitrogens with one attached hydrogen (secondary N) is 1. The van der Waals surface area contributed by atoms with Gasteiger partial charge in [0.2, 0.25) is 0 Å². The van der Waals surface area contributed by atoms with Crippen molar-refractivity contribution in [2.75, 3.05) is 13.2 Å². The first-order valence-electron chi connectivity index (χ1n) is 5.98. The summed E-state index contributed by atoms with van der Waals surface area (Å²) in [6.07, 6.45) is 2.76. The van der Waals surface area contributed by atoms with Crippen LogP contribution in [-0.4, -0.2) is 19.2 Å². The van der Waals surface area contributed by atoms with Crippen molar-refractivity contribution in [2.45, 2.75) is 25.8 Å². The second kappa shape index (κ2) is 6.21. The third kappa shape index (κ3) is 3.97. The van der Waals surface area contributed by atoms with Gasteiger partial charge in [0.15, 0.2) is 0 Å². The van der Waals surface area contributed by atoms with E-state index in [9.17, 15) is 0 Å². The maximum Gasteiger partial charge on any atom is 0.147 e. The lowest BCUT2D eigenvalue weighted by Gasteiger charge is -2.14. The molecule has 0 amide bonds. The molecule has 2 rings (SSSR count). The predicted octanol–water partition coefficient (Wildman–Crippen LogP) is 3.98. The molecule has 0 saturated heterocycles. The lowest BCUT2D eigenvalue weighted by Crippen LogP contribution is -2.31. The maximum absolute atomic E-state index is 5.76. The van der Waals surface area contributed by atoms with Crippen LogP contribution in [0.4, 0.5) is 0 Å². The minimum Gasteiger partial charge on any atom is -0.490 e. The minimum absolute atomic E-state index is 0.626. The fourth-order valence-corrected chi connectivity index (χ4v) is 3.05. The first kappa shape index (κ1) is 13.4. The van der Waals surface area contributed by atoms with Crippen LogP contribution in [-0.2, 0) is 0 Å². The normalized spacial score (nSPS) is 16.9. The summed E-state index contributed by atoms with van der Waals surface area (Å²) < 4.78 is 7.74. The van der Waals surface area contributed by atoms with Gasteiger partial charge in [0.05, 0.1) is 8.95 Å². The van der Waals surface area contributed by atoms with E-state index in [-0.39, 0.29) is 0 Å². The molecule has 1 fully saturated rings. The molecule has 2 nitrogen and oxygen atoms in total. The Morgan fingerprint density at radius 1 is 1.35 bits per heavy atom. The number of hydrogen-bond donors (Lipinski definition) is 1. The molecule has 0 heterocycles. The predicted molar refractivity (Wildman–Crippen MR) is 77.5 cm³/mol. The molecule has 1 aromatic carbocycles. The van der Waals surface area contributed by atoms with Crippen LogP contribution in [0.5, 0.6) is 5.75 Å². The number of benzene rings is 1. The second-order valence-electron chi connectivity index (χ2n) is 4.48. The average Bonchev–Trinajstić information content (AvgIpc) is 3.11. The molecule has 1 aliphatic carbocycles. The second-order valence-corrected chi connectivity index (χ2v) is 6.19. The molecule has 0 bridgehead atoms. The van der Waals surface area contributed by atoms with E-state index in [1.807, 2.05) is 18.2 Å². The minimum atomic E-state index is 0.626. The Balaban J connectivity index is 1.74. The third-order valence-electron chi connectivity index (χ3n) is 3.06. The SMILES string of the molecule is CC(NCCOc1c(Br)cccc1Br)C1CC1. The van der Waals surface area contributed by atoms with Crippen molar-refractivity contribution in [3.05, 3.63) is 27.1 Å². The van der Waals surface area contributed by atoms with E-state index in [2.05, 4.69) is 44.1 Å². The van der Waals surface area contributed by atoms with Gasteiger partial charge in [-0.1, -0.05) is 6.07 Å². The summed E-state index contributed by atoms with van der Waals surface area (Å²) in [7, 11) is 0. The van der Waals surface area contributed by atoms with Gasteiger partial charge in [-0.15, -0.1) is 0 Å². The summed E-state index contributed by atoms with van der Waals surface area (Å²) in [5, 5.41) is 3.50. The largest absolute Gasteiger partial charge is 0.490 e. The molecule has 0 spiro atoms. The lowest BCUT2D eigenvalue weighted by atomic mass is 10.2. The molecule has 1 saturated carbocycles. The zero-order chi connectivity index (χ0) is 12.3. The van der Waals surface area contributed by atoms with Crippen molar-refractivity contribution in [1.29, 1.82) is 0 Å². The van der Waals surface area contributed by atoms with Gasteiger partial charge in [-0.3, -0.25) is 0 Å². The fraction of sp³-hybridized carbons (Fsp3) is 0.538. The molecule has 0 aromatic heterocycles. The molecule has 17 heavy (non-hydrogen) atoms. The molecular weight excluding hydrogens is 346 g/mol. The molecule has 1 N–H and O–H groups in total. The summed E-state index contributed by atoms with van der Waals surface area (Å²) in [5.41, 5.74) is 0. The average molecular weight is 363 g/mol. The molecule has 1 unspecified atom stereocenters. The lowest BCUT2D eigenvalue weighted by molar-refractivity contribution is 0.300. The Morgan fingerprint density at radius 3 is 2.59 bits per heavy atom. The van der Waals surface area contributed by atoms with Crippen molar-refractivity contribution in [1.82, 2.24) is 5.32 Å². The van der Waals surface area contributed by atoms with E-state index < -0.39 is 0 Å². The quantitative estimate of drug-likeness (QED) is 0.773. The van der Waals surface area contributed by atoms with E-state index in [1.165, 1.54) is 12.8 Å². The van der Waals surface area contributed by atoms with Crippen LogP contribution in [0, 0.1) is 5.92 Å². The van der Waals surface area contributed by atoms with Crippen LogP contribution >= 0.6 is 31.9 Å². The van der Waals surface area contributed by atoms with E-state index in [4.69, 9.17) is 4.74 Å². The van der Waals surface area contributed by atoms with Crippen LogP contribution in [0.25, 0.3) is 0 Å². The molecule has 4 heteroatoms. The summed E-state index contributed by atoms with van der Waals surface area (Å²) >= 11 is 6.97. The summed E-state index contributed by atoms with van der Waals surface area (Å²) in [4.78, 5) is 0. The summed E-state index contributed by atoms with van der Waals surface area (Å²) in [5.74, 6) is 1.78. The molecule has 1 aliphatic rings. The van der Waals surface area contributed by atoms with Crippen molar-refractivity contribution in [2.24, 2.45) is 5.92 Å². The molecule has 0 aliphatic heterocycles. The van der Waals surface area contributed by atoms with Crippen molar-refractivity contribution in [3.8, 4) is 5.75 Å². The first-order valence-corrected chi connectivity index (χ1v) is 7.57. The Hall–Kier alpha value is -0.0600. The van der Waals surface area contributed by atoms with E-state index in [1.54, 1.807) is 0 Å². The van der Waals surface area contributed by atoms with Gasteiger partial charge in [0, 0.05) is 12.6 Å². The Labute approximate surface area is 119 Å². The van der Waals surface area contributed by atoms with Gasteiger partial charge in [-0.2, -0.15) is 0 Å². The van der Waals surface area contributed by atoms with E-state index in [0.29, 0.717) is 12.6 Å². The van der Waals surface area contributed by atoms with Crippen LogP contribution in [0.1, 0.15) is 19.8 Å². The van der Waals surface area contributed by atoms with E-state index >= 15 is 0 Å². The van der Waals surface area contributed by atoms with Gasteiger partial charge in [0.25, 0.3) is 0 Å². The maximum atomic E-state index is 5.76. The van der Waals surface area contributed by atoms with Crippen LogP contribution < -0.4 is 10.1 Å². The number of hydrogen-bond acceptors (Lipinski definition) is 2. The smallest absolute Gasteiger partial charge is 0.147 e. The Morgan fingerprint density at radius 2 is 2.00 bits per heavy atom. The van der Waals surface area contributed by atoms with Gasteiger partial charge in [0.1, 0.15) is 12.4 Å². The number of para-hydroxylation sites is 1. The molecular formula is C13H17Br2NO. The summed E-state index contributed by atoms with van der Waals surface area (Å²) in [6, 6.07) is 6.58. The fourth-order valence-electron chi connectivity index (χ4n) is 1.82. The zero-order valence-corrected chi connectivity index (χ0v) is 13.1. The monoisotopic (exact) mass is 361 g/mol. The number of ether oxygens (including phenoxy) is 1. The van der Waals surface area contributed by atoms with E-state index in [0.717, 1.165) is 27.2 Å². The van der Waals surface area contributed by atoms with Gasteiger partial charge in [-0.05, 0) is 69.7 Å². The molecule has 0 radical (unpaired) electrons. The number of halogens is 2. The molecule has 94 valence electrons. The van der Waals surface area contributed by atoms with Crippen LogP contribution in [0.3, 0.4) is 0 Å². The van der Waals surface area contributed by atoms with Crippen molar-refractivity contribution in [3.63, 3.8) is 0 Å². The molecule has 1 aromatic rings. The van der Waals surface area contributed by atoms with Crippen molar-refractivity contribution < 1.29 is 4.74 Å². The molecule has 1 atom stereocenters. The topological polar surface area (TPSA) is 21.3 Å². The third-order valence-corrected chi connectivity index (χ3v) is 4.31. The van der Waals surface area contributed by atoms with Gasteiger partial charge < -0.3 is 10.1 Å². The van der Waals surface area contributed by atoms with Crippen LogP contribution in [0.2, 0.25) is 0 Å². The zero-order valence-electron chi connectivity index (χ0n) is 9.88. The Kier molecular flexibility index (Phi) is 4.88.